The summed E-state index contributed by atoms with van der Waals surface area (Å²) in [7, 11) is 0. The number of furan rings is 2. The molecule has 426 valence electrons. The zero-order chi connectivity index (χ0) is 60.1. The molecule has 4 heteroatoms. The van der Waals surface area contributed by atoms with Gasteiger partial charge < -0.3 is 18.6 Å². The number of para-hydroxylation sites is 4. The van der Waals surface area contributed by atoms with Gasteiger partial charge >= 0.3 is 0 Å². The van der Waals surface area contributed by atoms with E-state index in [1.54, 1.807) is 0 Å². The summed E-state index contributed by atoms with van der Waals surface area (Å²) >= 11 is 0. The van der Waals surface area contributed by atoms with E-state index < -0.39 is 10.8 Å². The Bertz CT molecular complexity index is 5230. The first-order valence-corrected chi connectivity index (χ1v) is 31.6. The van der Waals surface area contributed by atoms with Crippen molar-refractivity contribution in [2.24, 2.45) is 0 Å². The molecule has 2 spiro atoms. The Morgan fingerprint density at radius 1 is 0.256 bits per heavy atom. The van der Waals surface area contributed by atoms with Gasteiger partial charge in [-0.05, 0) is 213 Å². The molecule has 0 fully saturated rings. The quantitative estimate of drug-likeness (QED) is 0.166. The molecular weight excluding hydrogens is 1090 g/mol. The molecule has 2 aromatic heterocycles. The lowest BCUT2D eigenvalue weighted by Gasteiger charge is -2.34. The molecule has 0 bridgehead atoms. The average molecular weight is 1150 g/mol. The predicted octanol–water partition coefficient (Wildman–Crippen LogP) is 23.0. The van der Waals surface area contributed by atoms with Crippen LogP contribution in [0.15, 0.2) is 264 Å². The predicted molar refractivity (Wildman–Crippen MR) is 371 cm³/mol. The highest BCUT2D eigenvalue weighted by Crippen LogP contribution is 2.71. The van der Waals surface area contributed by atoms with Crippen LogP contribution >= 0.6 is 0 Å². The Labute approximate surface area is 523 Å². The summed E-state index contributed by atoms with van der Waals surface area (Å²) in [5.74, 6) is 0. The number of nitrogens with zero attached hydrogens (tertiary/aromatic N) is 2. The number of rotatable bonds is 6. The van der Waals surface area contributed by atoms with Crippen LogP contribution in [-0.2, 0) is 10.8 Å². The summed E-state index contributed by atoms with van der Waals surface area (Å²) < 4.78 is 15.1. The standard InChI is InChI=1S/C86H60N2O2/c1-49-39-41-73(53(5)43-49)87(71-35-19-7-23-51(71)3)75-47-69-79(81-59-29-13-21-37-77(59)89-83(75)81)61-45-68-62(46-67(61)85(69)63-31-15-9-25-55(63)56-26-10-16-32-64(56)85)80-70(86(68)65-33-17-11-27-57(65)58-28-12-18-34-66(58)86)48-76(84-82(80)60-30-14-22-38-78(60)90-84)88(72-36-20-8-24-52(72)4)74-42-40-50(2)44-54(74)6/h7-48H,1-6H3. The van der Waals surface area contributed by atoms with E-state index in [1.807, 2.05) is 0 Å². The second-order valence-corrected chi connectivity index (χ2v) is 25.7. The highest BCUT2D eigenvalue weighted by atomic mass is 16.3. The maximum absolute atomic E-state index is 7.53. The molecule has 13 aromatic carbocycles. The monoisotopic (exact) mass is 1150 g/mol. The van der Waals surface area contributed by atoms with Crippen LogP contribution in [0.25, 0.3) is 88.4 Å². The van der Waals surface area contributed by atoms with Crippen molar-refractivity contribution in [3.8, 4) is 44.5 Å². The molecular formula is C86H60N2O2. The zero-order valence-electron chi connectivity index (χ0n) is 51.0. The van der Waals surface area contributed by atoms with Crippen LogP contribution in [0, 0.1) is 41.5 Å². The molecule has 0 N–H and O–H groups in total. The normalized spacial score (nSPS) is 13.8. The summed E-state index contributed by atoms with van der Waals surface area (Å²) in [6.45, 7) is 13.3. The molecule has 4 aliphatic rings. The molecule has 2 heterocycles. The molecule has 4 nitrogen and oxygen atoms in total. The van der Waals surface area contributed by atoms with Gasteiger partial charge in [-0.1, -0.05) is 205 Å². The molecule has 0 atom stereocenters. The van der Waals surface area contributed by atoms with Crippen LogP contribution in [0.2, 0.25) is 0 Å². The molecule has 0 radical (unpaired) electrons. The number of hydrogen-bond donors (Lipinski definition) is 0. The molecule has 19 rings (SSSR count). The minimum absolute atomic E-state index is 0.780. The van der Waals surface area contributed by atoms with Crippen LogP contribution in [0.3, 0.4) is 0 Å². The fraction of sp³-hybridized carbons (Fsp3) is 0.0930. The Hall–Kier alpha value is -10.9. The third-order valence-corrected chi connectivity index (χ3v) is 20.9. The molecule has 0 aliphatic heterocycles. The van der Waals surface area contributed by atoms with E-state index in [2.05, 4.69) is 306 Å². The number of aryl methyl sites for hydroxylation is 6. The van der Waals surface area contributed by atoms with Crippen LogP contribution in [0.4, 0.5) is 34.1 Å². The molecule has 4 aliphatic carbocycles. The van der Waals surface area contributed by atoms with Gasteiger partial charge in [0.05, 0.1) is 22.2 Å². The maximum Gasteiger partial charge on any atom is 0.160 e. The van der Waals surface area contributed by atoms with Gasteiger partial charge in [-0.3, -0.25) is 0 Å². The Morgan fingerprint density at radius 2 is 0.589 bits per heavy atom. The van der Waals surface area contributed by atoms with Crippen molar-refractivity contribution < 1.29 is 8.83 Å². The highest BCUT2D eigenvalue weighted by Gasteiger charge is 2.58. The van der Waals surface area contributed by atoms with E-state index in [9.17, 15) is 0 Å². The lowest BCUT2D eigenvalue weighted by Crippen LogP contribution is -2.27. The second-order valence-electron chi connectivity index (χ2n) is 25.7. The second kappa shape index (κ2) is 18.3. The lowest BCUT2D eigenvalue weighted by molar-refractivity contribution is 0.668. The molecule has 0 saturated heterocycles. The van der Waals surface area contributed by atoms with Crippen molar-refractivity contribution in [1.29, 1.82) is 0 Å². The maximum atomic E-state index is 7.53. The van der Waals surface area contributed by atoms with Crippen LogP contribution in [0.1, 0.15) is 77.9 Å². The van der Waals surface area contributed by atoms with Gasteiger partial charge in [0.1, 0.15) is 11.2 Å². The Morgan fingerprint density at radius 3 is 0.967 bits per heavy atom. The van der Waals surface area contributed by atoms with Gasteiger partial charge in [-0.25, -0.2) is 0 Å². The molecule has 15 aromatic rings. The minimum atomic E-state index is -0.780. The SMILES string of the molecule is Cc1ccc(N(c2ccccc2C)c2cc3c(c4c2oc2ccccc24)-c2cc4c(cc2C32c3ccccc3-c3ccccc32)-c2c(cc(N(c3ccccc3C)c3ccc(C)cc3C)c3oc5ccccc5c23)C42c3ccccc3-c3ccccc32)c(C)c1. The van der Waals surface area contributed by atoms with Gasteiger partial charge in [0.2, 0.25) is 0 Å². The van der Waals surface area contributed by atoms with Gasteiger partial charge in [0.25, 0.3) is 0 Å². The third-order valence-electron chi connectivity index (χ3n) is 20.9. The van der Waals surface area contributed by atoms with Crippen molar-refractivity contribution in [3.05, 3.63) is 333 Å². The van der Waals surface area contributed by atoms with Gasteiger partial charge in [-0.15, -0.1) is 0 Å². The summed E-state index contributed by atoms with van der Waals surface area (Å²) in [5, 5.41) is 4.41. The van der Waals surface area contributed by atoms with E-state index >= 15 is 0 Å². The third kappa shape index (κ3) is 6.44. The summed E-state index contributed by atoms with van der Waals surface area (Å²) in [5.41, 5.74) is 35.4. The first-order chi connectivity index (χ1) is 44.1. The van der Waals surface area contributed by atoms with Gasteiger partial charge in [-0.2, -0.15) is 0 Å². The Kier molecular flexibility index (Phi) is 10.4. The van der Waals surface area contributed by atoms with E-state index in [1.165, 1.54) is 122 Å². The van der Waals surface area contributed by atoms with Crippen LogP contribution in [-0.4, -0.2) is 0 Å². The molecule has 0 unspecified atom stereocenters. The largest absolute Gasteiger partial charge is 0.454 e. The number of benzene rings is 13. The first kappa shape index (κ1) is 51.1. The summed E-state index contributed by atoms with van der Waals surface area (Å²) in [6.07, 6.45) is 0. The number of fused-ring (bicyclic) bond motifs is 28. The molecule has 0 amide bonds. The fourth-order valence-corrected chi connectivity index (χ4v) is 17.3. The van der Waals surface area contributed by atoms with Crippen LogP contribution in [0.5, 0.6) is 0 Å². The molecule has 90 heavy (non-hydrogen) atoms. The van der Waals surface area contributed by atoms with Crippen molar-refractivity contribution in [3.63, 3.8) is 0 Å². The van der Waals surface area contributed by atoms with Crippen molar-refractivity contribution >= 4 is 78.0 Å². The first-order valence-electron chi connectivity index (χ1n) is 31.6. The van der Waals surface area contributed by atoms with Crippen molar-refractivity contribution in [2.75, 3.05) is 9.80 Å². The summed E-state index contributed by atoms with van der Waals surface area (Å²) in [6, 6.07) is 96.3. The van der Waals surface area contributed by atoms with Gasteiger partial charge in [0, 0.05) is 44.3 Å². The van der Waals surface area contributed by atoms with Crippen LogP contribution < -0.4 is 9.80 Å². The van der Waals surface area contributed by atoms with E-state index in [0.29, 0.717) is 0 Å². The average Bonchev–Trinajstić information content (AvgIpc) is 1.48. The van der Waals surface area contributed by atoms with Crippen molar-refractivity contribution in [2.45, 2.75) is 52.4 Å². The number of anilines is 6. The zero-order valence-corrected chi connectivity index (χ0v) is 51.0. The summed E-state index contributed by atoms with van der Waals surface area (Å²) in [4.78, 5) is 4.99. The lowest BCUT2D eigenvalue weighted by atomic mass is 9.68. The molecule has 0 saturated carbocycles. The van der Waals surface area contributed by atoms with Crippen molar-refractivity contribution in [1.82, 2.24) is 0 Å². The van der Waals surface area contributed by atoms with E-state index in [-0.39, 0.29) is 0 Å². The fourth-order valence-electron chi connectivity index (χ4n) is 17.3. The topological polar surface area (TPSA) is 32.8 Å². The number of hydrogen-bond acceptors (Lipinski definition) is 4. The van der Waals surface area contributed by atoms with Gasteiger partial charge in [0.15, 0.2) is 11.2 Å². The van der Waals surface area contributed by atoms with E-state index in [0.717, 1.165) is 78.0 Å². The highest BCUT2D eigenvalue weighted by molar-refractivity contribution is 6.23. The minimum Gasteiger partial charge on any atom is -0.454 e. The van der Waals surface area contributed by atoms with E-state index in [4.69, 9.17) is 8.83 Å². The smallest absolute Gasteiger partial charge is 0.160 e. The Balaban J connectivity index is 1.02.